The Balaban J connectivity index is 2.19. The molecule has 18 atom stereocenters. The largest absolute Gasteiger partial charge is 0.633 e. The number of likely N-dealkylation sites (N-methyl/N-ethyl adjacent to an activating group) is 2. The molecular formula is C38H72N2O13. The summed E-state index contributed by atoms with van der Waals surface area (Å²) in [5, 5.41) is 71.3. The monoisotopic (exact) mass is 765 g/mol. The Morgan fingerprint density at radius 2 is 1.57 bits per heavy atom. The predicted octanol–water partition coefficient (Wildman–Crippen LogP) is 1.91. The number of carbonyl (C=O) groups is 1. The highest BCUT2D eigenvalue weighted by Crippen LogP contribution is 2.40. The fourth-order valence-corrected chi connectivity index (χ4v) is 8.84. The maximum atomic E-state index is 14.2. The van der Waals surface area contributed by atoms with E-state index in [1.165, 1.54) is 28.1 Å². The van der Waals surface area contributed by atoms with E-state index in [9.17, 15) is 35.5 Å². The molecule has 3 rings (SSSR count). The zero-order valence-electron chi connectivity index (χ0n) is 34.6. The summed E-state index contributed by atoms with van der Waals surface area (Å²) in [5.41, 5.74) is -4.51. The van der Waals surface area contributed by atoms with E-state index in [2.05, 4.69) is 0 Å². The van der Waals surface area contributed by atoms with Gasteiger partial charge in [0, 0.05) is 38.5 Å². The van der Waals surface area contributed by atoms with Crippen molar-refractivity contribution in [2.45, 2.75) is 185 Å². The fourth-order valence-electron chi connectivity index (χ4n) is 8.84. The van der Waals surface area contributed by atoms with Gasteiger partial charge in [-0.2, -0.15) is 0 Å². The first-order valence-corrected chi connectivity index (χ1v) is 19.3. The van der Waals surface area contributed by atoms with Gasteiger partial charge in [-0.05, 0) is 74.3 Å². The van der Waals surface area contributed by atoms with Crippen LogP contribution in [0.25, 0.3) is 0 Å². The molecular weight excluding hydrogens is 692 g/mol. The van der Waals surface area contributed by atoms with E-state index in [-0.39, 0.29) is 25.2 Å². The lowest BCUT2D eigenvalue weighted by molar-refractivity contribution is -0.874. The van der Waals surface area contributed by atoms with Crippen LogP contribution in [0.2, 0.25) is 0 Å². The van der Waals surface area contributed by atoms with Gasteiger partial charge in [0.25, 0.3) is 0 Å². The molecule has 0 unspecified atom stereocenters. The number of esters is 1. The minimum Gasteiger partial charge on any atom is -0.633 e. The fraction of sp³-hybridized carbons (Fsp3) is 0.974. The van der Waals surface area contributed by atoms with Crippen LogP contribution in [0.15, 0.2) is 0 Å². The molecule has 0 radical (unpaired) electrons. The van der Waals surface area contributed by atoms with Crippen LogP contribution in [0.5, 0.6) is 0 Å². The van der Waals surface area contributed by atoms with Crippen molar-refractivity contribution in [2.24, 2.45) is 17.8 Å². The van der Waals surface area contributed by atoms with Crippen molar-refractivity contribution in [3.63, 3.8) is 0 Å². The van der Waals surface area contributed by atoms with Crippen molar-refractivity contribution in [2.75, 3.05) is 34.8 Å². The number of aliphatic hydroxyl groups excluding tert-OH is 3. The standard InChI is InChI=1S/C38H72N2O13/c1-15-27-38(10,46)31(42)24(6)39(11)19-20(2)17-36(8,45)33(53-35-29(41)26(40(12,13)47)16-21(3)49-35)22(4)30(23(5)34(44)51-27)52-28-18-37(9,48-14)32(43)25(7)50-28/h20-33,35,41-43,45-46H,15-19H2,1-14H3/t20-,21+,22+,23-,24-,25-,26-,27-,28-,29+,30+,31-,32-,33-,35-,36-,37+,38-/m1/s1. The van der Waals surface area contributed by atoms with Crippen molar-refractivity contribution in [3.05, 3.63) is 5.21 Å². The van der Waals surface area contributed by atoms with E-state index in [1.807, 2.05) is 18.9 Å². The van der Waals surface area contributed by atoms with Gasteiger partial charge in [-0.1, -0.05) is 20.8 Å². The Morgan fingerprint density at radius 3 is 2.11 bits per heavy atom. The van der Waals surface area contributed by atoms with Gasteiger partial charge in [-0.15, -0.1) is 0 Å². The van der Waals surface area contributed by atoms with Gasteiger partial charge >= 0.3 is 5.97 Å². The summed E-state index contributed by atoms with van der Waals surface area (Å²) >= 11 is 0. The number of hydrogen-bond acceptors (Lipinski definition) is 14. The van der Waals surface area contributed by atoms with Crippen LogP contribution in [0, 0.1) is 23.0 Å². The summed E-state index contributed by atoms with van der Waals surface area (Å²) in [6.45, 7) is 17.6. The third-order valence-corrected chi connectivity index (χ3v) is 12.3. The Labute approximate surface area is 317 Å². The van der Waals surface area contributed by atoms with Gasteiger partial charge in [0.2, 0.25) is 0 Å². The molecule has 3 saturated heterocycles. The molecule has 0 bridgehead atoms. The molecule has 5 N–H and O–H groups in total. The highest BCUT2D eigenvalue weighted by Gasteiger charge is 2.53. The van der Waals surface area contributed by atoms with Crippen LogP contribution in [0.3, 0.4) is 0 Å². The van der Waals surface area contributed by atoms with Crippen LogP contribution in [0.4, 0.5) is 0 Å². The molecule has 0 spiro atoms. The molecule has 0 aromatic carbocycles. The SMILES string of the molecule is CC[C@H]1OC(=O)[C@H](C)[C@@H](O[C@@H]2C[C@](C)(OC)[C@H](O)[C@@H](C)O2)[C@H](C)[C@@H](O[C@H]2O[C@@H](C)C[C@@H]([N+](C)(C)[O-])[C@@H]2O)[C@](C)(O)C[C@@H](C)CN(C)[C@H](C)[C@@H](O)[C@]1(C)O. The number of rotatable bonds is 7. The van der Waals surface area contributed by atoms with Gasteiger partial charge < -0.3 is 68.7 Å². The minimum atomic E-state index is -1.83. The molecule has 53 heavy (non-hydrogen) atoms. The number of hydroxylamine groups is 3. The van der Waals surface area contributed by atoms with Crippen LogP contribution >= 0.6 is 0 Å². The minimum absolute atomic E-state index is 0.0990. The van der Waals surface area contributed by atoms with E-state index in [1.54, 1.807) is 55.4 Å². The topological polar surface area (TPSA) is 200 Å². The molecule has 0 saturated carbocycles. The second kappa shape index (κ2) is 17.6. The number of quaternary nitrogens is 1. The highest BCUT2D eigenvalue weighted by atomic mass is 16.7. The number of aliphatic hydroxyl groups is 5. The summed E-state index contributed by atoms with van der Waals surface area (Å²) in [5.74, 6) is -2.80. The third-order valence-electron chi connectivity index (χ3n) is 12.3. The van der Waals surface area contributed by atoms with E-state index in [4.69, 9.17) is 28.4 Å². The lowest BCUT2D eigenvalue weighted by atomic mass is 9.77. The van der Waals surface area contributed by atoms with Crippen LogP contribution in [0.1, 0.15) is 94.9 Å². The molecule has 0 aliphatic carbocycles. The van der Waals surface area contributed by atoms with Crippen molar-refractivity contribution < 1.29 is 63.4 Å². The van der Waals surface area contributed by atoms with E-state index < -0.39 is 113 Å². The number of carbonyl (C=O) groups excluding carboxylic acids is 1. The van der Waals surface area contributed by atoms with Crippen LogP contribution < -0.4 is 0 Å². The summed E-state index contributed by atoms with van der Waals surface area (Å²) in [6, 6.07) is -1.34. The molecule has 15 nitrogen and oxygen atoms in total. The summed E-state index contributed by atoms with van der Waals surface area (Å²) < 4.78 is 36.5. The van der Waals surface area contributed by atoms with Crippen molar-refractivity contribution in [1.29, 1.82) is 0 Å². The molecule has 3 aliphatic rings. The van der Waals surface area contributed by atoms with Crippen LogP contribution in [-0.2, 0) is 33.2 Å². The summed E-state index contributed by atoms with van der Waals surface area (Å²) in [6.07, 6.45) is -9.60. The molecule has 0 aromatic heterocycles. The molecule has 15 heteroatoms. The maximum absolute atomic E-state index is 14.2. The Kier molecular flexibility index (Phi) is 15.4. The second-order valence-corrected chi connectivity index (χ2v) is 17.6. The third kappa shape index (κ3) is 10.5. The number of methoxy groups -OCH3 is 1. The molecule has 3 aliphatic heterocycles. The van der Waals surface area contributed by atoms with Gasteiger partial charge in [-0.25, -0.2) is 0 Å². The number of nitrogens with zero attached hydrogens (tertiary/aromatic N) is 2. The zero-order valence-corrected chi connectivity index (χ0v) is 34.6. The van der Waals surface area contributed by atoms with E-state index >= 15 is 0 Å². The van der Waals surface area contributed by atoms with Gasteiger partial charge in [0.1, 0.15) is 30.0 Å². The normalized spacial score (nSPS) is 49.1. The lowest BCUT2D eigenvalue weighted by Gasteiger charge is -2.51. The van der Waals surface area contributed by atoms with E-state index in [0.29, 0.717) is 13.0 Å². The first-order chi connectivity index (χ1) is 24.2. The maximum Gasteiger partial charge on any atom is 0.311 e. The number of hydrogen-bond donors (Lipinski definition) is 5. The van der Waals surface area contributed by atoms with Crippen molar-refractivity contribution in [3.8, 4) is 0 Å². The Hall–Kier alpha value is -1.05. The second-order valence-electron chi connectivity index (χ2n) is 17.6. The summed E-state index contributed by atoms with van der Waals surface area (Å²) in [7, 11) is 6.21. The summed E-state index contributed by atoms with van der Waals surface area (Å²) in [4.78, 5) is 16.1. The number of cyclic esters (lactones) is 1. The first-order valence-electron chi connectivity index (χ1n) is 19.3. The molecule has 312 valence electrons. The quantitative estimate of drug-likeness (QED) is 0.143. The molecule has 3 fully saturated rings. The van der Waals surface area contributed by atoms with Gasteiger partial charge in [-0.3, -0.25) is 4.79 Å². The van der Waals surface area contributed by atoms with Gasteiger partial charge in [0.15, 0.2) is 18.7 Å². The molecule has 3 heterocycles. The highest BCUT2D eigenvalue weighted by molar-refractivity contribution is 5.73. The van der Waals surface area contributed by atoms with E-state index in [0.717, 1.165) is 0 Å². The first kappa shape index (κ1) is 46.3. The molecule has 0 amide bonds. The zero-order chi connectivity index (χ0) is 40.6. The van der Waals surface area contributed by atoms with Crippen molar-refractivity contribution in [1.82, 2.24) is 4.90 Å². The smallest absolute Gasteiger partial charge is 0.311 e. The molecule has 0 aromatic rings. The Morgan fingerprint density at radius 1 is 0.962 bits per heavy atom. The predicted molar refractivity (Wildman–Crippen MR) is 196 cm³/mol. The average Bonchev–Trinajstić information content (AvgIpc) is 3.05. The van der Waals surface area contributed by atoms with Crippen molar-refractivity contribution >= 4 is 5.97 Å². The van der Waals surface area contributed by atoms with Crippen LogP contribution in [-0.4, -0.2) is 166 Å². The number of ether oxygens (including phenoxy) is 6. The Bertz CT molecular complexity index is 1190. The lowest BCUT2D eigenvalue weighted by Crippen LogP contribution is -2.62. The van der Waals surface area contributed by atoms with Gasteiger partial charge in [0.05, 0.1) is 55.6 Å². The average molecular weight is 765 g/mol.